The van der Waals surface area contributed by atoms with Crippen LogP contribution in [0.2, 0.25) is 0 Å². The van der Waals surface area contributed by atoms with Crippen molar-refractivity contribution in [2.24, 2.45) is 0 Å². The second-order valence-electron chi connectivity index (χ2n) is 7.05. The van der Waals surface area contributed by atoms with Gasteiger partial charge in [0.15, 0.2) is 0 Å². The van der Waals surface area contributed by atoms with Gasteiger partial charge in [-0.2, -0.15) is 0 Å². The van der Waals surface area contributed by atoms with E-state index in [1.54, 1.807) is 6.20 Å². The Kier molecular flexibility index (Phi) is 4.14. The van der Waals surface area contributed by atoms with Crippen LogP contribution < -0.4 is 5.32 Å². The maximum absolute atomic E-state index is 11.5. The molecule has 1 fully saturated rings. The summed E-state index contributed by atoms with van der Waals surface area (Å²) in [6, 6.07) is 6.07. The van der Waals surface area contributed by atoms with Gasteiger partial charge in [0.1, 0.15) is 0 Å². The SMILES string of the molecule is CC1(C)CC(N(C=O)Cc2ccccn2)CC(C)(C)N1. The Morgan fingerprint density at radius 3 is 2.45 bits per heavy atom. The summed E-state index contributed by atoms with van der Waals surface area (Å²) in [5.74, 6) is 0. The first kappa shape index (κ1) is 15.0. The Labute approximate surface area is 121 Å². The summed E-state index contributed by atoms with van der Waals surface area (Å²) in [4.78, 5) is 17.7. The fraction of sp³-hybridized carbons (Fsp3) is 0.625. The van der Waals surface area contributed by atoms with Crippen molar-refractivity contribution in [3.8, 4) is 0 Å². The molecule has 1 aromatic rings. The molecule has 110 valence electrons. The summed E-state index contributed by atoms with van der Waals surface area (Å²) in [6.45, 7) is 9.38. The van der Waals surface area contributed by atoms with Gasteiger partial charge < -0.3 is 10.2 Å². The maximum atomic E-state index is 11.5. The highest BCUT2D eigenvalue weighted by atomic mass is 16.1. The summed E-state index contributed by atoms with van der Waals surface area (Å²) in [5, 5.41) is 3.65. The first-order valence-corrected chi connectivity index (χ1v) is 7.22. The van der Waals surface area contributed by atoms with E-state index in [0.717, 1.165) is 24.9 Å². The van der Waals surface area contributed by atoms with Crippen molar-refractivity contribution in [1.29, 1.82) is 0 Å². The number of nitrogens with one attached hydrogen (secondary N) is 1. The van der Waals surface area contributed by atoms with Crippen LogP contribution in [-0.2, 0) is 11.3 Å². The zero-order valence-electron chi connectivity index (χ0n) is 12.9. The molecule has 0 spiro atoms. The molecule has 0 aliphatic carbocycles. The molecule has 0 unspecified atom stereocenters. The zero-order chi connectivity index (χ0) is 14.8. The Balaban J connectivity index is 2.13. The third-order valence-corrected chi connectivity index (χ3v) is 3.84. The molecule has 1 aliphatic heterocycles. The molecule has 0 saturated carbocycles. The average molecular weight is 275 g/mol. The molecular formula is C16H25N3O. The van der Waals surface area contributed by atoms with Crippen molar-refractivity contribution < 1.29 is 4.79 Å². The van der Waals surface area contributed by atoms with E-state index >= 15 is 0 Å². The van der Waals surface area contributed by atoms with E-state index in [-0.39, 0.29) is 17.1 Å². The van der Waals surface area contributed by atoms with Gasteiger partial charge in [0, 0.05) is 23.3 Å². The number of hydrogen-bond donors (Lipinski definition) is 1. The fourth-order valence-electron chi connectivity index (χ4n) is 3.43. The molecule has 0 bridgehead atoms. The topological polar surface area (TPSA) is 45.2 Å². The number of rotatable bonds is 4. The number of amides is 1. The Morgan fingerprint density at radius 1 is 1.30 bits per heavy atom. The average Bonchev–Trinajstić information content (AvgIpc) is 2.33. The van der Waals surface area contributed by atoms with Crippen LogP contribution in [0.3, 0.4) is 0 Å². The van der Waals surface area contributed by atoms with Gasteiger partial charge >= 0.3 is 0 Å². The van der Waals surface area contributed by atoms with Gasteiger partial charge in [-0.05, 0) is 52.7 Å². The molecule has 1 amide bonds. The highest BCUT2D eigenvalue weighted by Crippen LogP contribution is 2.31. The van der Waals surface area contributed by atoms with Crippen molar-refractivity contribution in [3.05, 3.63) is 30.1 Å². The molecule has 2 rings (SSSR count). The quantitative estimate of drug-likeness (QED) is 0.858. The summed E-state index contributed by atoms with van der Waals surface area (Å²) in [5.41, 5.74) is 1.02. The van der Waals surface area contributed by atoms with E-state index in [4.69, 9.17) is 0 Å². The lowest BCUT2D eigenvalue weighted by molar-refractivity contribution is -0.122. The number of carbonyl (C=O) groups is 1. The van der Waals surface area contributed by atoms with E-state index in [1.807, 2.05) is 23.1 Å². The molecule has 2 heterocycles. The molecule has 20 heavy (non-hydrogen) atoms. The zero-order valence-corrected chi connectivity index (χ0v) is 12.9. The lowest BCUT2D eigenvalue weighted by Crippen LogP contribution is -2.62. The van der Waals surface area contributed by atoms with E-state index in [9.17, 15) is 4.79 Å². The Morgan fingerprint density at radius 2 is 1.95 bits per heavy atom. The van der Waals surface area contributed by atoms with Crippen LogP contribution >= 0.6 is 0 Å². The molecular weight excluding hydrogens is 250 g/mol. The summed E-state index contributed by atoms with van der Waals surface area (Å²) in [7, 11) is 0. The monoisotopic (exact) mass is 275 g/mol. The van der Waals surface area contributed by atoms with Crippen LogP contribution in [-0.4, -0.2) is 33.4 Å². The highest BCUT2D eigenvalue weighted by Gasteiger charge is 2.39. The van der Waals surface area contributed by atoms with Crippen molar-refractivity contribution >= 4 is 6.41 Å². The number of aromatic nitrogens is 1. The van der Waals surface area contributed by atoms with E-state index in [0.29, 0.717) is 6.54 Å². The molecule has 1 N–H and O–H groups in total. The third kappa shape index (κ3) is 3.79. The number of carbonyl (C=O) groups excluding carboxylic acids is 1. The maximum Gasteiger partial charge on any atom is 0.210 e. The van der Waals surface area contributed by atoms with Crippen molar-refractivity contribution in [2.45, 2.75) is 64.2 Å². The van der Waals surface area contributed by atoms with E-state index in [1.165, 1.54) is 0 Å². The van der Waals surface area contributed by atoms with Gasteiger partial charge in [0.2, 0.25) is 6.41 Å². The predicted molar refractivity (Wildman–Crippen MR) is 80.2 cm³/mol. The smallest absolute Gasteiger partial charge is 0.210 e. The third-order valence-electron chi connectivity index (χ3n) is 3.84. The van der Waals surface area contributed by atoms with E-state index < -0.39 is 0 Å². The number of nitrogens with zero attached hydrogens (tertiary/aromatic N) is 2. The summed E-state index contributed by atoms with van der Waals surface area (Å²) >= 11 is 0. The van der Waals surface area contributed by atoms with Crippen LogP contribution in [0, 0.1) is 0 Å². The van der Waals surface area contributed by atoms with Gasteiger partial charge in [-0.3, -0.25) is 9.78 Å². The van der Waals surface area contributed by atoms with Crippen LogP contribution in [0.1, 0.15) is 46.2 Å². The minimum Gasteiger partial charge on any atom is -0.336 e. The first-order chi connectivity index (χ1) is 9.31. The lowest BCUT2D eigenvalue weighted by Gasteiger charge is -2.48. The summed E-state index contributed by atoms with van der Waals surface area (Å²) in [6.07, 6.45) is 4.66. The van der Waals surface area contributed by atoms with Crippen LogP contribution in [0.5, 0.6) is 0 Å². The predicted octanol–water partition coefficient (Wildman–Crippen LogP) is 2.35. The fourth-order valence-corrected chi connectivity index (χ4v) is 3.43. The second kappa shape index (κ2) is 5.52. The normalized spacial score (nSPS) is 21.4. The van der Waals surface area contributed by atoms with Crippen LogP contribution in [0.4, 0.5) is 0 Å². The van der Waals surface area contributed by atoms with Gasteiger partial charge in [-0.15, -0.1) is 0 Å². The first-order valence-electron chi connectivity index (χ1n) is 7.22. The molecule has 0 radical (unpaired) electrons. The van der Waals surface area contributed by atoms with Crippen LogP contribution in [0.15, 0.2) is 24.4 Å². The lowest BCUT2D eigenvalue weighted by atomic mass is 9.79. The molecule has 1 saturated heterocycles. The largest absolute Gasteiger partial charge is 0.336 e. The molecule has 0 aromatic carbocycles. The molecule has 4 heteroatoms. The Hall–Kier alpha value is -1.42. The minimum absolute atomic E-state index is 0.0395. The van der Waals surface area contributed by atoms with Gasteiger partial charge in [-0.1, -0.05) is 6.07 Å². The molecule has 0 atom stereocenters. The molecule has 4 nitrogen and oxygen atoms in total. The number of hydrogen-bond acceptors (Lipinski definition) is 3. The van der Waals surface area contributed by atoms with Gasteiger partial charge in [0.05, 0.1) is 12.2 Å². The highest BCUT2D eigenvalue weighted by molar-refractivity contribution is 5.48. The van der Waals surface area contributed by atoms with E-state index in [2.05, 4.69) is 38.0 Å². The van der Waals surface area contributed by atoms with Gasteiger partial charge in [-0.25, -0.2) is 0 Å². The van der Waals surface area contributed by atoms with Crippen molar-refractivity contribution in [3.63, 3.8) is 0 Å². The summed E-state index contributed by atoms with van der Waals surface area (Å²) < 4.78 is 0. The van der Waals surface area contributed by atoms with Crippen LogP contribution in [0.25, 0.3) is 0 Å². The number of piperidine rings is 1. The number of pyridine rings is 1. The van der Waals surface area contributed by atoms with Crippen molar-refractivity contribution in [1.82, 2.24) is 15.2 Å². The minimum atomic E-state index is 0.0395. The molecule has 1 aliphatic rings. The van der Waals surface area contributed by atoms with Gasteiger partial charge in [0.25, 0.3) is 0 Å². The second-order valence-corrected chi connectivity index (χ2v) is 7.05. The Bertz CT molecular complexity index is 440. The molecule has 1 aromatic heterocycles. The standard InChI is InChI=1S/C16H25N3O/c1-15(2)9-14(10-16(3,4)18-15)19(12-20)11-13-7-5-6-8-17-13/h5-8,12,14,18H,9-11H2,1-4H3. The van der Waals surface area contributed by atoms with Crippen molar-refractivity contribution in [2.75, 3.05) is 0 Å².